The van der Waals surface area contributed by atoms with Gasteiger partial charge in [0.2, 0.25) is 5.95 Å². The second-order valence-corrected chi connectivity index (χ2v) is 11.1. The molecular weight excluding hydrogens is 581 g/mol. The normalized spacial score (nSPS) is 14.7. The number of aryl methyl sites for hydroxylation is 1. The van der Waals surface area contributed by atoms with Gasteiger partial charge in [0.05, 0.1) is 57.6 Å². The number of carbonyl (C=O) groups is 2. The number of carboxylic acid groups (broad SMARTS) is 1. The van der Waals surface area contributed by atoms with Gasteiger partial charge in [-0.1, -0.05) is 12.1 Å². The summed E-state index contributed by atoms with van der Waals surface area (Å²) >= 11 is 0. The molecule has 1 aromatic heterocycles. The van der Waals surface area contributed by atoms with Crippen LogP contribution in [0.15, 0.2) is 58.5 Å². The smallest absolute Gasteiger partial charge is 0.416 e. The number of nitrogens with one attached hydrogen (secondary N) is 1. The number of H-pyrrole nitrogens is 1. The van der Waals surface area contributed by atoms with E-state index in [-0.39, 0.29) is 22.9 Å². The third-order valence-corrected chi connectivity index (χ3v) is 7.07. The number of aromatic nitrogens is 3. The van der Waals surface area contributed by atoms with Crippen molar-refractivity contribution in [2.45, 2.75) is 38.4 Å². The zero-order valence-corrected chi connectivity index (χ0v) is 24.9. The average molecular weight is 615 g/mol. The Morgan fingerprint density at radius 1 is 1.20 bits per heavy atom. The average Bonchev–Trinajstić information content (AvgIpc) is 3.34. The van der Waals surface area contributed by atoms with Gasteiger partial charge in [0.1, 0.15) is 6.04 Å². The number of alkyl halides is 3. The molecule has 4 rings (SSSR count). The van der Waals surface area contributed by atoms with Gasteiger partial charge in [-0.15, -0.1) is 5.10 Å². The van der Waals surface area contributed by atoms with Gasteiger partial charge >= 0.3 is 17.8 Å². The van der Waals surface area contributed by atoms with E-state index < -0.39 is 35.9 Å². The first kappa shape index (κ1) is 33.6. The molecule has 0 saturated carbocycles. The maximum Gasteiger partial charge on any atom is 0.416 e. The van der Waals surface area contributed by atoms with Gasteiger partial charge in [0.25, 0.3) is 0 Å². The monoisotopic (exact) mass is 614 g/mol. The summed E-state index contributed by atoms with van der Waals surface area (Å²) in [5, 5.41) is 24.4. The molecule has 0 bridgehead atoms. The van der Waals surface area contributed by atoms with Crippen LogP contribution in [0.1, 0.15) is 48.1 Å². The molecule has 234 valence electrons. The van der Waals surface area contributed by atoms with Gasteiger partial charge in [-0.25, -0.2) is 19.3 Å². The Balaban J connectivity index is 0.00000169. The molecule has 3 aromatic rings. The number of nitrogens with zero attached hydrogens (tertiary/aromatic N) is 5. The first-order valence-corrected chi connectivity index (χ1v) is 13.5. The number of quaternary nitrogens is 1. The van der Waals surface area contributed by atoms with E-state index in [0.29, 0.717) is 17.5 Å². The molecule has 0 amide bonds. The zero-order chi connectivity index (χ0) is 32.8. The third kappa shape index (κ3) is 7.35. The van der Waals surface area contributed by atoms with Crippen molar-refractivity contribution >= 4 is 24.1 Å². The van der Waals surface area contributed by atoms with Crippen LogP contribution in [0.5, 0.6) is 0 Å². The Labute approximate surface area is 252 Å². The van der Waals surface area contributed by atoms with Crippen LogP contribution in [0.2, 0.25) is 0 Å². The number of esters is 1. The first-order valence-electron chi connectivity index (χ1n) is 13.5. The Kier molecular flexibility index (Phi) is 10.4. The number of rotatable bonds is 8. The van der Waals surface area contributed by atoms with Crippen molar-refractivity contribution in [3.05, 3.63) is 86.5 Å². The predicted molar refractivity (Wildman–Crippen MR) is 152 cm³/mol. The number of carbonyl (C=O) groups excluding carboxylic acids is 2. The summed E-state index contributed by atoms with van der Waals surface area (Å²) in [7, 11) is 7.50. The van der Waals surface area contributed by atoms with E-state index in [1.807, 2.05) is 0 Å². The molecule has 2 aromatic carbocycles. The lowest BCUT2D eigenvalue weighted by atomic mass is 9.88. The molecule has 1 aliphatic heterocycles. The van der Waals surface area contributed by atoms with Gasteiger partial charge in [0.15, 0.2) is 0 Å². The number of fused-ring (bicyclic) bond motifs is 1. The standard InChI is InChI=1S/C29H31F3N6O3.CH2O2/c1-18-24(26(39)41-5)25(23-13-12-19(17-33)15-20(23)9-6-7-14-38(2,3)4)37-27(34-35-28(37)40)36(18)22-11-8-10-21(16-22)29(30,31)32;2-1-3/h8,10-13,15-16,25H,6-7,9,14H2,1-5H3;1H,(H,2,3)/t25-;/m1./s1. The fraction of sp³-hybridized carbons (Fsp3) is 0.367. The Hall–Kier alpha value is -4.90. The van der Waals surface area contributed by atoms with Crippen LogP contribution in [0.3, 0.4) is 0 Å². The van der Waals surface area contributed by atoms with Gasteiger partial charge < -0.3 is 19.1 Å². The van der Waals surface area contributed by atoms with Crippen LogP contribution >= 0.6 is 0 Å². The number of nitriles is 1. The largest absolute Gasteiger partial charge is 0.554 e. The minimum Gasteiger partial charge on any atom is -0.554 e. The van der Waals surface area contributed by atoms with Crippen molar-refractivity contribution < 1.29 is 37.1 Å². The van der Waals surface area contributed by atoms with Crippen LogP contribution < -0.4 is 15.7 Å². The van der Waals surface area contributed by atoms with E-state index in [9.17, 15) is 28.0 Å². The number of hydrogen-bond acceptors (Lipinski definition) is 8. The summed E-state index contributed by atoms with van der Waals surface area (Å²) in [6, 6.07) is 10.8. The molecule has 14 heteroatoms. The highest BCUT2D eigenvalue weighted by Crippen LogP contribution is 2.43. The van der Waals surface area contributed by atoms with Crippen LogP contribution in [0, 0.1) is 11.3 Å². The Bertz CT molecular complexity index is 1650. The molecule has 1 N–H and O–H groups in total. The molecule has 0 spiro atoms. The maximum atomic E-state index is 13.6. The number of ether oxygens (including phenoxy) is 1. The van der Waals surface area contributed by atoms with E-state index >= 15 is 0 Å². The number of hydrogen-bond donors (Lipinski definition) is 1. The van der Waals surface area contributed by atoms with E-state index in [1.165, 1.54) is 28.7 Å². The van der Waals surface area contributed by atoms with Crippen LogP contribution in [0.4, 0.5) is 24.8 Å². The molecule has 0 radical (unpaired) electrons. The summed E-state index contributed by atoms with van der Waals surface area (Å²) in [6.07, 6.45) is -2.33. The lowest BCUT2D eigenvalue weighted by Crippen LogP contribution is -2.38. The number of halogens is 3. The number of aromatic amines is 1. The fourth-order valence-corrected chi connectivity index (χ4v) is 5.14. The van der Waals surface area contributed by atoms with Crippen molar-refractivity contribution in [2.24, 2.45) is 0 Å². The highest BCUT2D eigenvalue weighted by atomic mass is 19.4. The van der Waals surface area contributed by atoms with Crippen LogP contribution in [0.25, 0.3) is 0 Å². The zero-order valence-electron chi connectivity index (χ0n) is 24.9. The molecule has 0 unspecified atom stereocenters. The predicted octanol–water partition coefficient (Wildman–Crippen LogP) is 3.04. The van der Waals surface area contributed by atoms with Crippen molar-refractivity contribution in [1.29, 1.82) is 5.26 Å². The molecule has 1 aliphatic rings. The number of allylic oxidation sites excluding steroid dienone is 1. The van der Waals surface area contributed by atoms with Gasteiger partial charge in [-0.05, 0) is 67.6 Å². The molecule has 2 heterocycles. The molecule has 44 heavy (non-hydrogen) atoms. The maximum absolute atomic E-state index is 13.6. The number of anilines is 2. The third-order valence-electron chi connectivity index (χ3n) is 7.07. The van der Waals surface area contributed by atoms with E-state index in [0.717, 1.165) is 41.6 Å². The van der Waals surface area contributed by atoms with E-state index in [2.05, 4.69) is 37.4 Å². The lowest BCUT2D eigenvalue weighted by Gasteiger charge is -2.36. The fourth-order valence-electron chi connectivity index (χ4n) is 5.14. The molecule has 0 fully saturated rings. The summed E-state index contributed by atoms with van der Waals surface area (Å²) < 4.78 is 47.9. The second-order valence-electron chi connectivity index (χ2n) is 11.1. The Morgan fingerprint density at radius 3 is 2.48 bits per heavy atom. The minimum atomic E-state index is -4.61. The quantitative estimate of drug-likeness (QED) is 0.177. The SMILES string of the molecule is COC(=O)C1=C(C)N(c2cccc(C(F)(F)F)c2)c2n[nH]c(=O)n2[C@@H]1c1ccc(C#N)cc1CCCC[N+](C)(C)C.O=C[O-]. The topological polar surface area (TPSA) is 144 Å². The summed E-state index contributed by atoms with van der Waals surface area (Å²) in [5.41, 5.74) is 0.646. The van der Waals surface area contributed by atoms with Crippen molar-refractivity contribution in [3.63, 3.8) is 0 Å². The van der Waals surface area contributed by atoms with Crippen LogP contribution in [-0.4, -0.2) is 66.5 Å². The van der Waals surface area contributed by atoms with Crippen molar-refractivity contribution in [2.75, 3.05) is 39.7 Å². The molecule has 0 aliphatic carbocycles. The number of unbranched alkanes of at least 4 members (excludes halogenated alkanes) is 1. The van der Waals surface area contributed by atoms with Crippen molar-refractivity contribution in [3.8, 4) is 6.07 Å². The number of benzene rings is 2. The number of methoxy groups -OCH3 is 1. The Morgan fingerprint density at radius 2 is 1.89 bits per heavy atom. The van der Waals surface area contributed by atoms with Gasteiger partial charge in [-0.2, -0.15) is 18.4 Å². The first-order chi connectivity index (χ1) is 20.7. The summed E-state index contributed by atoms with van der Waals surface area (Å²) in [5.74, 6) is -0.728. The highest BCUT2D eigenvalue weighted by molar-refractivity contribution is 5.93. The van der Waals surface area contributed by atoms with E-state index in [1.54, 1.807) is 25.1 Å². The second kappa shape index (κ2) is 13.6. The highest BCUT2D eigenvalue weighted by Gasteiger charge is 2.41. The van der Waals surface area contributed by atoms with Gasteiger partial charge in [0, 0.05) is 17.9 Å². The summed E-state index contributed by atoms with van der Waals surface area (Å²) in [4.78, 5) is 36.1. The van der Waals surface area contributed by atoms with Crippen molar-refractivity contribution in [1.82, 2.24) is 14.8 Å². The molecule has 0 saturated heterocycles. The minimum absolute atomic E-state index is 0.0184. The molecular formula is C30H33F3N6O5. The van der Waals surface area contributed by atoms with Crippen LogP contribution in [-0.2, 0) is 26.9 Å². The molecule has 1 atom stereocenters. The van der Waals surface area contributed by atoms with Gasteiger partial charge in [-0.3, -0.25) is 4.90 Å². The summed E-state index contributed by atoms with van der Waals surface area (Å²) in [6.45, 7) is 2.01. The molecule has 11 nitrogen and oxygen atoms in total. The lowest BCUT2D eigenvalue weighted by molar-refractivity contribution is -0.870. The van der Waals surface area contributed by atoms with E-state index in [4.69, 9.17) is 14.6 Å².